The van der Waals surface area contributed by atoms with Gasteiger partial charge in [-0.15, -0.1) is 0 Å². The lowest BCUT2D eigenvalue weighted by molar-refractivity contribution is -0.185. The summed E-state index contributed by atoms with van der Waals surface area (Å²) >= 11 is 0. The number of hydrogen-bond donors (Lipinski definition) is 0. The smallest absolute Gasteiger partial charge is 0.380 e. The minimum absolute atomic E-state index is 0.228. The van der Waals surface area contributed by atoms with Crippen molar-refractivity contribution in [2.45, 2.75) is 19.6 Å². The molecule has 0 aliphatic carbocycles. The lowest BCUT2D eigenvalue weighted by Gasteiger charge is -2.41. The van der Waals surface area contributed by atoms with E-state index in [0.29, 0.717) is 0 Å². The second-order valence-corrected chi connectivity index (χ2v) is 3.25. The van der Waals surface area contributed by atoms with Crippen LogP contribution in [0.2, 0.25) is 0 Å². The topological polar surface area (TPSA) is 31.4 Å². The van der Waals surface area contributed by atoms with Gasteiger partial charge in [-0.2, -0.15) is 0 Å². The van der Waals surface area contributed by atoms with Crippen LogP contribution >= 0.6 is 0 Å². The van der Waals surface area contributed by atoms with E-state index in [1.165, 1.54) is 0 Å². The lowest BCUT2D eigenvalue weighted by atomic mass is 9.76. The molecule has 0 aromatic carbocycles. The van der Waals surface area contributed by atoms with Crippen molar-refractivity contribution in [3.05, 3.63) is 24.5 Å². The van der Waals surface area contributed by atoms with Gasteiger partial charge in [0.05, 0.1) is 0 Å². The molecule has 0 atom stereocenters. The van der Waals surface area contributed by atoms with E-state index >= 15 is 0 Å². The molecule has 0 radical (unpaired) electrons. The van der Waals surface area contributed by atoms with Gasteiger partial charge in [0, 0.05) is 17.9 Å². The number of nitrogens with zero attached hydrogens (tertiary/aromatic N) is 1. The molecule has 1 aromatic rings. The maximum absolute atomic E-state index is 5.45. The Hall–Kier alpha value is -0.865. The van der Waals surface area contributed by atoms with Gasteiger partial charge in [0.25, 0.3) is 0 Å². The van der Waals surface area contributed by atoms with Crippen molar-refractivity contribution in [2.24, 2.45) is 0 Å². The van der Waals surface area contributed by atoms with Crippen molar-refractivity contribution in [3.8, 4) is 0 Å². The van der Waals surface area contributed by atoms with Gasteiger partial charge < -0.3 is 9.31 Å². The quantitative estimate of drug-likeness (QED) is 0.566. The minimum Gasteiger partial charge on any atom is -0.380 e. The predicted octanol–water partition coefficient (Wildman–Crippen LogP) is 0.560. The number of pyridine rings is 1. The molecular formula is C8H10BNO2. The Labute approximate surface area is 71.9 Å². The van der Waals surface area contributed by atoms with E-state index in [0.717, 1.165) is 5.46 Å². The summed E-state index contributed by atoms with van der Waals surface area (Å²) in [6.45, 7) is 3.78. The van der Waals surface area contributed by atoms with E-state index in [1.807, 2.05) is 26.0 Å². The highest BCUT2D eigenvalue weighted by Crippen LogP contribution is 2.24. The van der Waals surface area contributed by atoms with Crippen LogP contribution in [-0.2, 0) is 9.31 Å². The Morgan fingerprint density at radius 2 is 2.17 bits per heavy atom. The highest BCUT2D eigenvalue weighted by Gasteiger charge is 2.44. The van der Waals surface area contributed by atoms with Crippen LogP contribution in [0.15, 0.2) is 24.5 Å². The van der Waals surface area contributed by atoms with Gasteiger partial charge in [-0.25, -0.2) is 0 Å². The molecule has 0 bridgehead atoms. The molecule has 2 heterocycles. The summed E-state index contributed by atoms with van der Waals surface area (Å²) in [6.07, 6.45) is 3.48. The van der Waals surface area contributed by atoms with E-state index in [9.17, 15) is 0 Å². The maximum atomic E-state index is 5.45. The SMILES string of the molecule is CC1(C)OB(c2cccnc2)O1. The fourth-order valence-corrected chi connectivity index (χ4v) is 1.18. The first-order valence-electron chi connectivity index (χ1n) is 3.93. The average Bonchev–Trinajstić information content (AvgIpc) is 2.02. The predicted molar refractivity (Wildman–Crippen MR) is 45.9 cm³/mol. The van der Waals surface area contributed by atoms with Gasteiger partial charge in [-0.05, 0) is 19.9 Å². The third-order valence-electron chi connectivity index (χ3n) is 1.74. The summed E-state index contributed by atoms with van der Waals surface area (Å²) < 4.78 is 10.9. The first-order valence-corrected chi connectivity index (χ1v) is 3.93. The molecule has 2 rings (SSSR count). The van der Waals surface area contributed by atoms with Crippen molar-refractivity contribution >= 4 is 12.6 Å². The van der Waals surface area contributed by atoms with Crippen molar-refractivity contribution in [1.82, 2.24) is 4.98 Å². The summed E-state index contributed by atoms with van der Waals surface area (Å²) in [5.41, 5.74) is 0.969. The van der Waals surface area contributed by atoms with E-state index in [1.54, 1.807) is 12.4 Å². The van der Waals surface area contributed by atoms with E-state index in [2.05, 4.69) is 4.98 Å². The molecule has 0 N–H and O–H groups in total. The van der Waals surface area contributed by atoms with Crippen LogP contribution in [0.3, 0.4) is 0 Å². The zero-order valence-corrected chi connectivity index (χ0v) is 7.15. The molecule has 0 spiro atoms. The van der Waals surface area contributed by atoms with Gasteiger partial charge in [-0.3, -0.25) is 4.98 Å². The van der Waals surface area contributed by atoms with E-state index < -0.39 is 5.79 Å². The first-order chi connectivity index (χ1) is 5.67. The van der Waals surface area contributed by atoms with Crippen LogP contribution in [0.25, 0.3) is 0 Å². The van der Waals surface area contributed by atoms with Crippen LogP contribution in [0.4, 0.5) is 0 Å². The zero-order valence-electron chi connectivity index (χ0n) is 7.15. The highest BCUT2D eigenvalue weighted by atomic mass is 16.8. The van der Waals surface area contributed by atoms with Gasteiger partial charge >= 0.3 is 7.12 Å². The van der Waals surface area contributed by atoms with Crippen molar-refractivity contribution in [2.75, 3.05) is 0 Å². The second kappa shape index (κ2) is 2.57. The largest absolute Gasteiger partial charge is 0.499 e. The Morgan fingerprint density at radius 1 is 1.42 bits per heavy atom. The third kappa shape index (κ3) is 1.35. The highest BCUT2D eigenvalue weighted by molar-refractivity contribution is 6.62. The van der Waals surface area contributed by atoms with E-state index in [-0.39, 0.29) is 7.12 Å². The standard InChI is InChI=1S/C8H10BNO2/c1-8(2)11-9(12-8)7-4-3-5-10-6-7/h3-6H,1-2H3. The van der Waals surface area contributed by atoms with Crippen molar-refractivity contribution in [1.29, 1.82) is 0 Å². The molecule has 1 aliphatic heterocycles. The summed E-state index contributed by atoms with van der Waals surface area (Å²) in [6, 6.07) is 3.81. The first kappa shape index (κ1) is 7.77. The van der Waals surface area contributed by atoms with Crippen LogP contribution in [0, 0.1) is 0 Å². The van der Waals surface area contributed by atoms with Gasteiger partial charge in [0.1, 0.15) is 5.79 Å². The molecule has 0 unspecified atom stereocenters. The Morgan fingerprint density at radius 3 is 2.67 bits per heavy atom. The normalized spacial score (nSPS) is 20.3. The molecule has 3 nitrogen and oxygen atoms in total. The number of rotatable bonds is 1. The molecule has 1 aromatic heterocycles. The molecule has 62 valence electrons. The van der Waals surface area contributed by atoms with Crippen LogP contribution < -0.4 is 5.46 Å². The van der Waals surface area contributed by atoms with Crippen molar-refractivity contribution in [3.63, 3.8) is 0 Å². The molecular weight excluding hydrogens is 153 g/mol. The molecule has 1 fully saturated rings. The summed E-state index contributed by atoms with van der Waals surface area (Å²) in [5.74, 6) is -0.430. The average molecular weight is 163 g/mol. The Balaban J connectivity index is 2.06. The lowest BCUT2D eigenvalue weighted by Crippen LogP contribution is -2.58. The van der Waals surface area contributed by atoms with Gasteiger partial charge in [0.15, 0.2) is 0 Å². The third-order valence-corrected chi connectivity index (χ3v) is 1.74. The maximum Gasteiger partial charge on any atom is 0.499 e. The molecule has 12 heavy (non-hydrogen) atoms. The molecule has 0 amide bonds. The minimum atomic E-state index is -0.430. The molecule has 1 aliphatic rings. The second-order valence-electron chi connectivity index (χ2n) is 3.25. The fourth-order valence-electron chi connectivity index (χ4n) is 1.18. The Bertz CT molecular complexity index is 268. The Kier molecular flexibility index (Phi) is 1.66. The summed E-state index contributed by atoms with van der Waals surface area (Å²) in [4.78, 5) is 3.98. The zero-order chi connectivity index (χ0) is 8.60. The molecule has 1 saturated heterocycles. The fraction of sp³-hybridized carbons (Fsp3) is 0.375. The van der Waals surface area contributed by atoms with E-state index in [4.69, 9.17) is 9.31 Å². The molecule has 0 saturated carbocycles. The summed E-state index contributed by atoms with van der Waals surface area (Å²) in [7, 11) is -0.228. The summed E-state index contributed by atoms with van der Waals surface area (Å²) in [5, 5.41) is 0. The van der Waals surface area contributed by atoms with Crippen LogP contribution in [0.1, 0.15) is 13.8 Å². The van der Waals surface area contributed by atoms with Crippen LogP contribution in [0.5, 0.6) is 0 Å². The number of aromatic nitrogens is 1. The van der Waals surface area contributed by atoms with Gasteiger partial charge in [-0.1, -0.05) is 6.07 Å². The monoisotopic (exact) mass is 163 g/mol. The number of hydrogen-bond acceptors (Lipinski definition) is 3. The van der Waals surface area contributed by atoms with Gasteiger partial charge in [0.2, 0.25) is 0 Å². The van der Waals surface area contributed by atoms with Crippen molar-refractivity contribution < 1.29 is 9.31 Å². The molecule has 4 heteroatoms. The van der Waals surface area contributed by atoms with Crippen LogP contribution in [-0.4, -0.2) is 17.9 Å².